The number of aromatic nitrogens is 1. The number of fused-ring (bicyclic) bond motifs is 1. The van der Waals surface area contributed by atoms with Crippen molar-refractivity contribution in [2.45, 2.75) is 0 Å². The molecule has 1 N–H and O–H groups in total. The molecule has 0 aliphatic rings. The molecule has 0 aliphatic carbocycles. The van der Waals surface area contributed by atoms with Crippen LogP contribution >= 0.6 is 61.7 Å². The summed E-state index contributed by atoms with van der Waals surface area (Å²) in [6.45, 7) is 0. The molecule has 1 aromatic heterocycles. The summed E-state index contributed by atoms with van der Waals surface area (Å²) in [5.41, 5.74) is 3.21. The average Bonchev–Trinajstić information content (AvgIpc) is 3.08. The normalized spacial score (nSPS) is 11.6. The highest BCUT2D eigenvalue weighted by molar-refractivity contribution is 14.1. The summed E-state index contributed by atoms with van der Waals surface area (Å²) in [5, 5.41) is 11.2. The van der Waals surface area contributed by atoms with Crippen LogP contribution in [0, 0.1) is 3.57 Å². The summed E-state index contributed by atoms with van der Waals surface area (Å²) in [7, 11) is 0. The van der Waals surface area contributed by atoms with Gasteiger partial charge in [0.05, 0.1) is 20.7 Å². The molecule has 0 fully saturated rings. The van der Waals surface area contributed by atoms with Crippen LogP contribution in [-0.4, -0.2) is 16.3 Å². The van der Waals surface area contributed by atoms with E-state index in [1.54, 1.807) is 36.5 Å². The van der Waals surface area contributed by atoms with Crippen LogP contribution in [0.3, 0.4) is 0 Å². The van der Waals surface area contributed by atoms with Crippen molar-refractivity contribution in [1.29, 1.82) is 0 Å². The van der Waals surface area contributed by atoms with Crippen molar-refractivity contribution in [3.63, 3.8) is 0 Å². The highest BCUT2D eigenvalue weighted by Gasteiger charge is 2.13. The SMILES string of the molecule is Oc1c(Br)cc(Cl)cc1C=Nc1ccc2oc(-c3cc(I)ccc3Cl)nc2c1. The molecule has 1 heterocycles. The van der Waals surface area contributed by atoms with Crippen molar-refractivity contribution in [3.8, 4) is 17.2 Å². The van der Waals surface area contributed by atoms with Crippen LogP contribution in [0.25, 0.3) is 22.6 Å². The van der Waals surface area contributed by atoms with Crippen LogP contribution in [0.2, 0.25) is 10.0 Å². The van der Waals surface area contributed by atoms with E-state index in [1.165, 1.54) is 0 Å². The fourth-order valence-electron chi connectivity index (χ4n) is 2.60. The molecule has 4 nitrogen and oxygen atoms in total. The van der Waals surface area contributed by atoms with Crippen molar-refractivity contribution >= 4 is 84.7 Å². The number of benzene rings is 3. The first kappa shape index (κ1) is 19.7. The molecule has 0 saturated heterocycles. The number of aromatic hydroxyl groups is 1. The number of phenols is 1. The Morgan fingerprint density at radius 2 is 1.93 bits per heavy atom. The molecule has 28 heavy (non-hydrogen) atoms. The number of halogens is 4. The van der Waals surface area contributed by atoms with Gasteiger partial charge in [-0.15, -0.1) is 0 Å². The lowest BCUT2D eigenvalue weighted by atomic mass is 10.2. The van der Waals surface area contributed by atoms with Crippen molar-refractivity contribution in [1.82, 2.24) is 4.98 Å². The summed E-state index contributed by atoms with van der Waals surface area (Å²) in [4.78, 5) is 8.95. The number of phenolic OH excluding ortho intramolecular Hbond substituents is 1. The predicted molar refractivity (Wildman–Crippen MR) is 125 cm³/mol. The van der Waals surface area contributed by atoms with E-state index in [0.717, 1.165) is 9.13 Å². The third-order valence-corrected chi connectivity index (χ3v) is 5.76. The number of hydrogen-bond acceptors (Lipinski definition) is 4. The maximum Gasteiger partial charge on any atom is 0.228 e. The first-order chi connectivity index (χ1) is 13.4. The zero-order valence-corrected chi connectivity index (χ0v) is 19.2. The van der Waals surface area contributed by atoms with Gasteiger partial charge in [0.25, 0.3) is 0 Å². The standard InChI is InChI=1S/C20H10BrCl2IN2O2/c21-15-6-11(22)5-10(19(15)27)9-25-13-2-4-18-17(8-13)26-20(28-18)14-7-12(24)1-3-16(14)23/h1-9,27H. The van der Waals surface area contributed by atoms with Gasteiger partial charge >= 0.3 is 0 Å². The van der Waals surface area contributed by atoms with E-state index in [4.69, 9.17) is 27.6 Å². The Balaban J connectivity index is 1.70. The van der Waals surface area contributed by atoms with Crippen LogP contribution in [0.15, 0.2) is 62.4 Å². The minimum absolute atomic E-state index is 0.0753. The van der Waals surface area contributed by atoms with Gasteiger partial charge in [0, 0.05) is 20.4 Å². The van der Waals surface area contributed by atoms with Gasteiger partial charge in [-0.3, -0.25) is 4.99 Å². The second-order valence-electron chi connectivity index (χ2n) is 5.88. The molecule has 3 aromatic carbocycles. The molecule has 0 radical (unpaired) electrons. The molecule has 8 heteroatoms. The largest absolute Gasteiger partial charge is 0.506 e. The Morgan fingerprint density at radius 3 is 2.75 bits per heavy atom. The number of rotatable bonds is 3. The Labute approximate surface area is 192 Å². The van der Waals surface area contributed by atoms with E-state index >= 15 is 0 Å². The Hall–Kier alpha value is -1.61. The first-order valence-electron chi connectivity index (χ1n) is 7.99. The van der Waals surface area contributed by atoms with E-state index in [2.05, 4.69) is 48.5 Å². The third-order valence-electron chi connectivity index (χ3n) is 3.94. The Morgan fingerprint density at radius 1 is 1.11 bits per heavy atom. The van der Waals surface area contributed by atoms with Gasteiger partial charge < -0.3 is 9.52 Å². The smallest absolute Gasteiger partial charge is 0.228 e. The van der Waals surface area contributed by atoms with Crippen molar-refractivity contribution in [2.75, 3.05) is 0 Å². The van der Waals surface area contributed by atoms with Gasteiger partial charge in [-0.1, -0.05) is 23.2 Å². The summed E-state index contributed by atoms with van der Waals surface area (Å²) in [6.07, 6.45) is 1.55. The number of aliphatic imine (C=N–C) groups is 1. The molecule has 0 bridgehead atoms. The quantitative estimate of drug-likeness (QED) is 0.198. The lowest BCUT2D eigenvalue weighted by molar-refractivity contribution is 0.471. The van der Waals surface area contributed by atoms with Gasteiger partial charge in [-0.05, 0) is 87.1 Å². The lowest BCUT2D eigenvalue weighted by Gasteiger charge is -2.02. The molecule has 0 atom stereocenters. The van der Waals surface area contributed by atoms with Crippen molar-refractivity contribution < 1.29 is 9.52 Å². The van der Waals surface area contributed by atoms with Crippen molar-refractivity contribution in [2.24, 2.45) is 4.99 Å². The lowest BCUT2D eigenvalue weighted by Crippen LogP contribution is -1.84. The molecular formula is C20H10BrCl2IN2O2. The third kappa shape index (κ3) is 4.05. The predicted octanol–water partition coefficient (Wildman–Crippen LogP) is 7.62. The molecule has 4 rings (SSSR count). The minimum atomic E-state index is 0.0753. The number of hydrogen-bond donors (Lipinski definition) is 1. The Bertz CT molecular complexity index is 1240. The molecular weight excluding hydrogens is 578 g/mol. The van der Waals surface area contributed by atoms with Gasteiger partial charge in [0.15, 0.2) is 5.58 Å². The monoisotopic (exact) mass is 586 g/mol. The molecule has 0 spiro atoms. The maximum atomic E-state index is 10.1. The van der Waals surface area contributed by atoms with Crippen LogP contribution in [0.5, 0.6) is 5.75 Å². The average molecular weight is 588 g/mol. The summed E-state index contributed by atoms with van der Waals surface area (Å²) >= 11 is 17.8. The summed E-state index contributed by atoms with van der Waals surface area (Å²) in [5.74, 6) is 0.530. The summed E-state index contributed by atoms with van der Waals surface area (Å²) < 4.78 is 7.39. The van der Waals surface area contributed by atoms with E-state index in [9.17, 15) is 5.11 Å². The zero-order valence-electron chi connectivity index (χ0n) is 14.0. The van der Waals surface area contributed by atoms with Gasteiger partial charge in [0.2, 0.25) is 5.89 Å². The van der Waals surface area contributed by atoms with Crippen LogP contribution in [-0.2, 0) is 0 Å². The van der Waals surface area contributed by atoms with Gasteiger partial charge in [-0.2, -0.15) is 0 Å². The second kappa shape index (κ2) is 8.02. The topological polar surface area (TPSA) is 58.6 Å². The van der Waals surface area contributed by atoms with E-state index in [0.29, 0.717) is 42.8 Å². The number of oxazole rings is 1. The van der Waals surface area contributed by atoms with Crippen LogP contribution in [0.4, 0.5) is 5.69 Å². The molecule has 0 saturated carbocycles. The van der Waals surface area contributed by atoms with E-state index in [-0.39, 0.29) is 5.75 Å². The van der Waals surface area contributed by atoms with E-state index in [1.807, 2.05) is 18.2 Å². The Kier molecular flexibility index (Phi) is 5.64. The highest BCUT2D eigenvalue weighted by atomic mass is 127. The highest BCUT2D eigenvalue weighted by Crippen LogP contribution is 2.33. The summed E-state index contributed by atoms with van der Waals surface area (Å²) in [6, 6.07) is 14.3. The molecule has 0 aliphatic heterocycles. The van der Waals surface area contributed by atoms with Gasteiger partial charge in [0.1, 0.15) is 11.3 Å². The molecule has 4 aromatic rings. The molecule has 0 amide bonds. The maximum absolute atomic E-state index is 10.1. The second-order valence-corrected chi connectivity index (χ2v) is 8.82. The van der Waals surface area contributed by atoms with Gasteiger partial charge in [-0.25, -0.2) is 4.98 Å². The fraction of sp³-hybridized carbons (Fsp3) is 0. The molecule has 0 unspecified atom stereocenters. The zero-order chi connectivity index (χ0) is 19.8. The van der Waals surface area contributed by atoms with Crippen molar-refractivity contribution in [3.05, 3.63) is 72.2 Å². The molecule has 140 valence electrons. The number of nitrogens with zero attached hydrogens (tertiary/aromatic N) is 2. The minimum Gasteiger partial charge on any atom is -0.506 e. The van der Waals surface area contributed by atoms with E-state index < -0.39 is 0 Å². The fourth-order valence-corrected chi connectivity index (χ4v) is 4.12. The van der Waals surface area contributed by atoms with Crippen LogP contribution in [0.1, 0.15) is 5.56 Å². The van der Waals surface area contributed by atoms with Crippen LogP contribution < -0.4 is 0 Å². The first-order valence-corrected chi connectivity index (χ1v) is 10.6.